The lowest BCUT2D eigenvalue weighted by molar-refractivity contribution is -0.123. The number of nitrogens with one attached hydrogen (secondary N) is 1. The van der Waals surface area contributed by atoms with Gasteiger partial charge in [-0.25, -0.2) is 4.98 Å². The SMILES string of the molecule is COc1cccc(OCCCCn2c(CNC(=O)COc3ccc(Cl)cc3)nc3ccccc32)c1. The van der Waals surface area contributed by atoms with Crippen LogP contribution in [0.1, 0.15) is 18.7 Å². The molecule has 182 valence electrons. The van der Waals surface area contributed by atoms with Gasteiger partial charge in [-0.2, -0.15) is 0 Å². The number of carbonyl (C=O) groups is 1. The number of rotatable bonds is 12. The molecule has 0 saturated carbocycles. The number of imidazole rings is 1. The lowest BCUT2D eigenvalue weighted by Crippen LogP contribution is -2.29. The number of ether oxygens (including phenoxy) is 3. The van der Waals surface area contributed by atoms with E-state index in [-0.39, 0.29) is 12.5 Å². The Morgan fingerprint density at radius 3 is 2.57 bits per heavy atom. The molecule has 8 heteroatoms. The third-order valence-corrected chi connectivity index (χ3v) is 5.70. The average molecular weight is 494 g/mol. The number of fused-ring (bicyclic) bond motifs is 1. The first-order valence-electron chi connectivity index (χ1n) is 11.5. The van der Waals surface area contributed by atoms with Crippen molar-refractivity contribution in [1.82, 2.24) is 14.9 Å². The van der Waals surface area contributed by atoms with E-state index in [0.29, 0.717) is 23.9 Å². The van der Waals surface area contributed by atoms with E-state index in [1.54, 1.807) is 31.4 Å². The highest BCUT2D eigenvalue weighted by atomic mass is 35.5. The minimum Gasteiger partial charge on any atom is -0.497 e. The van der Waals surface area contributed by atoms with Crippen LogP contribution >= 0.6 is 11.6 Å². The van der Waals surface area contributed by atoms with Crippen molar-refractivity contribution in [1.29, 1.82) is 0 Å². The topological polar surface area (TPSA) is 74.6 Å². The van der Waals surface area contributed by atoms with Gasteiger partial charge in [0.1, 0.15) is 23.1 Å². The first-order valence-corrected chi connectivity index (χ1v) is 11.9. The number of aromatic nitrogens is 2. The number of benzene rings is 3. The van der Waals surface area contributed by atoms with Crippen molar-refractivity contribution in [3.63, 3.8) is 0 Å². The molecule has 0 radical (unpaired) electrons. The molecular weight excluding hydrogens is 466 g/mol. The maximum atomic E-state index is 12.3. The number of para-hydroxylation sites is 2. The molecule has 1 amide bonds. The minimum atomic E-state index is -0.217. The second-order valence-electron chi connectivity index (χ2n) is 7.92. The molecule has 0 bridgehead atoms. The van der Waals surface area contributed by atoms with Crippen LogP contribution in [0.15, 0.2) is 72.8 Å². The summed E-state index contributed by atoms with van der Waals surface area (Å²) in [6.45, 7) is 1.61. The summed E-state index contributed by atoms with van der Waals surface area (Å²) >= 11 is 5.88. The quantitative estimate of drug-likeness (QED) is 0.273. The monoisotopic (exact) mass is 493 g/mol. The van der Waals surface area contributed by atoms with Gasteiger partial charge in [-0.3, -0.25) is 4.79 Å². The van der Waals surface area contributed by atoms with E-state index in [1.165, 1.54) is 0 Å². The van der Waals surface area contributed by atoms with Crippen LogP contribution in [-0.2, 0) is 17.9 Å². The summed E-state index contributed by atoms with van der Waals surface area (Å²) in [6.07, 6.45) is 1.79. The number of halogens is 1. The van der Waals surface area contributed by atoms with Gasteiger partial charge in [0, 0.05) is 17.6 Å². The number of amides is 1. The van der Waals surface area contributed by atoms with Gasteiger partial charge in [0.2, 0.25) is 0 Å². The number of methoxy groups -OCH3 is 1. The van der Waals surface area contributed by atoms with E-state index < -0.39 is 0 Å². The first kappa shape index (κ1) is 24.4. The summed E-state index contributed by atoms with van der Waals surface area (Å²) in [6, 6.07) is 22.5. The minimum absolute atomic E-state index is 0.0799. The summed E-state index contributed by atoms with van der Waals surface area (Å²) in [5.74, 6) is 2.75. The molecule has 0 aliphatic rings. The highest BCUT2D eigenvalue weighted by molar-refractivity contribution is 6.30. The van der Waals surface area contributed by atoms with E-state index in [0.717, 1.165) is 47.7 Å². The lowest BCUT2D eigenvalue weighted by atomic mass is 10.3. The van der Waals surface area contributed by atoms with Crippen molar-refractivity contribution in [3.05, 3.63) is 83.6 Å². The van der Waals surface area contributed by atoms with E-state index >= 15 is 0 Å². The van der Waals surface area contributed by atoms with Crippen LogP contribution in [0.5, 0.6) is 17.2 Å². The number of hydrogen-bond donors (Lipinski definition) is 1. The van der Waals surface area contributed by atoms with Crippen molar-refractivity contribution >= 4 is 28.5 Å². The molecule has 1 N–H and O–H groups in total. The largest absolute Gasteiger partial charge is 0.497 e. The Kier molecular flexibility index (Phi) is 8.46. The summed E-state index contributed by atoms with van der Waals surface area (Å²) in [4.78, 5) is 17.1. The molecule has 1 heterocycles. The van der Waals surface area contributed by atoms with Crippen molar-refractivity contribution in [2.75, 3.05) is 20.3 Å². The second-order valence-corrected chi connectivity index (χ2v) is 8.36. The van der Waals surface area contributed by atoms with Crippen LogP contribution in [0, 0.1) is 0 Å². The first-order chi connectivity index (χ1) is 17.1. The molecular formula is C27H28ClN3O4. The van der Waals surface area contributed by atoms with Crippen molar-refractivity contribution in [2.24, 2.45) is 0 Å². The van der Waals surface area contributed by atoms with Gasteiger partial charge >= 0.3 is 0 Å². The molecule has 1 aromatic heterocycles. The molecule has 0 aliphatic carbocycles. The van der Waals surface area contributed by atoms with E-state index in [4.69, 9.17) is 30.8 Å². The number of unbranched alkanes of at least 4 members (excludes halogenated alkanes) is 1. The van der Waals surface area contributed by atoms with Crippen LogP contribution in [0.4, 0.5) is 0 Å². The lowest BCUT2D eigenvalue weighted by Gasteiger charge is -2.11. The normalized spacial score (nSPS) is 10.8. The van der Waals surface area contributed by atoms with Crippen molar-refractivity contribution in [3.8, 4) is 17.2 Å². The van der Waals surface area contributed by atoms with Gasteiger partial charge in [-0.15, -0.1) is 0 Å². The Bertz CT molecular complexity index is 1260. The highest BCUT2D eigenvalue weighted by Gasteiger charge is 2.12. The van der Waals surface area contributed by atoms with Crippen molar-refractivity contribution < 1.29 is 19.0 Å². The zero-order valence-corrected chi connectivity index (χ0v) is 20.3. The molecule has 4 rings (SSSR count). The molecule has 0 atom stereocenters. The molecule has 4 aromatic rings. The van der Waals surface area contributed by atoms with Crippen LogP contribution in [0.2, 0.25) is 5.02 Å². The zero-order chi connectivity index (χ0) is 24.5. The molecule has 0 aliphatic heterocycles. The van der Waals surface area contributed by atoms with E-state index in [9.17, 15) is 4.79 Å². The fourth-order valence-corrected chi connectivity index (χ4v) is 3.80. The third-order valence-electron chi connectivity index (χ3n) is 5.45. The van der Waals surface area contributed by atoms with Crippen LogP contribution in [0.25, 0.3) is 11.0 Å². The van der Waals surface area contributed by atoms with E-state index in [2.05, 4.69) is 9.88 Å². The Labute approximate surface area is 209 Å². The van der Waals surface area contributed by atoms with Gasteiger partial charge in [-0.1, -0.05) is 29.8 Å². The summed E-state index contributed by atoms with van der Waals surface area (Å²) in [5.41, 5.74) is 1.95. The molecule has 0 saturated heterocycles. The standard InChI is InChI=1S/C27H28ClN3O4/c1-33-22-7-6-8-23(17-22)34-16-5-4-15-31-25-10-3-2-9-24(25)30-26(31)18-29-27(32)19-35-21-13-11-20(28)12-14-21/h2-3,6-14,17H,4-5,15-16,18-19H2,1H3,(H,29,32). The second kappa shape index (κ2) is 12.1. The maximum Gasteiger partial charge on any atom is 0.258 e. The smallest absolute Gasteiger partial charge is 0.258 e. The maximum absolute atomic E-state index is 12.3. The molecule has 0 spiro atoms. The fourth-order valence-electron chi connectivity index (χ4n) is 3.67. The van der Waals surface area contributed by atoms with Crippen LogP contribution in [-0.4, -0.2) is 35.8 Å². The Hall–Kier alpha value is -3.71. The Morgan fingerprint density at radius 1 is 0.943 bits per heavy atom. The van der Waals surface area contributed by atoms with Gasteiger partial charge < -0.3 is 24.1 Å². The van der Waals surface area contributed by atoms with Gasteiger partial charge in [0.15, 0.2) is 6.61 Å². The fraction of sp³-hybridized carbons (Fsp3) is 0.259. The predicted molar refractivity (Wildman–Crippen MR) is 136 cm³/mol. The average Bonchev–Trinajstić information content (AvgIpc) is 3.24. The molecule has 35 heavy (non-hydrogen) atoms. The molecule has 7 nitrogen and oxygen atoms in total. The van der Waals surface area contributed by atoms with Gasteiger partial charge in [0.05, 0.1) is 31.3 Å². The number of aryl methyl sites for hydroxylation is 1. The highest BCUT2D eigenvalue weighted by Crippen LogP contribution is 2.20. The summed E-state index contributed by atoms with van der Waals surface area (Å²) in [5, 5.41) is 3.52. The number of carbonyl (C=O) groups excluding carboxylic acids is 1. The van der Waals surface area contributed by atoms with Gasteiger partial charge in [-0.05, 0) is 61.4 Å². The third kappa shape index (κ3) is 6.90. The van der Waals surface area contributed by atoms with Crippen LogP contribution in [0.3, 0.4) is 0 Å². The number of nitrogens with zero attached hydrogens (tertiary/aromatic N) is 2. The molecule has 0 unspecified atom stereocenters. The zero-order valence-electron chi connectivity index (χ0n) is 19.6. The van der Waals surface area contributed by atoms with Crippen molar-refractivity contribution in [2.45, 2.75) is 25.9 Å². The number of hydrogen-bond acceptors (Lipinski definition) is 5. The predicted octanol–water partition coefficient (Wildman–Crippen LogP) is 5.25. The molecule has 0 fully saturated rings. The summed E-state index contributed by atoms with van der Waals surface area (Å²) < 4.78 is 18.8. The van der Waals surface area contributed by atoms with Crippen LogP contribution < -0.4 is 19.5 Å². The van der Waals surface area contributed by atoms with Gasteiger partial charge in [0.25, 0.3) is 5.91 Å². The van der Waals surface area contributed by atoms with E-state index in [1.807, 2.05) is 48.5 Å². The Morgan fingerprint density at radius 2 is 1.74 bits per heavy atom. The summed E-state index contributed by atoms with van der Waals surface area (Å²) in [7, 11) is 1.64. The molecule has 3 aromatic carbocycles. The Balaban J connectivity index is 1.29.